The highest BCUT2D eigenvalue weighted by Crippen LogP contribution is 2.28. The fourth-order valence-corrected chi connectivity index (χ4v) is 4.60. The summed E-state index contributed by atoms with van der Waals surface area (Å²) in [7, 11) is -3.99. The molecule has 0 heterocycles. The van der Waals surface area contributed by atoms with Crippen molar-refractivity contribution >= 4 is 33.2 Å². The van der Waals surface area contributed by atoms with Gasteiger partial charge < -0.3 is 10.2 Å². The number of nitrogens with one attached hydrogen (secondary N) is 1. The molecule has 2 aromatic carbocycles. The number of nitro groups is 1. The van der Waals surface area contributed by atoms with Crippen LogP contribution in [0.15, 0.2) is 42.5 Å². The average molecular weight is 519 g/mol. The van der Waals surface area contributed by atoms with Gasteiger partial charge in [0.1, 0.15) is 12.6 Å². The van der Waals surface area contributed by atoms with Gasteiger partial charge in [0.25, 0.3) is 5.69 Å². The van der Waals surface area contributed by atoms with Crippen LogP contribution in [0.3, 0.4) is 0 Å². The third-order valence-electron chi connectivity index (χ3n) is 5.78. The van der Waals surface area contributed by atoms with Gasteiger partial charge in [0.15, 0.2) is 0 Å². The van der Waals surface area contributed by atoms with Crippen LogP contribution in [0.5, 0.6) is 0 Å². The normalized spacial score (nSPS) is 12.0. The summed E-state index contributed by atoms with van der Waals surface area (Å²) >= 11 is 0. The van der Waals surface area contributed by atoms with E-state index in [2.05, 4.69) is 5.32 Å². The first kappa shape index (κ1) is 28.8. The lowest BCUT2D eigenvalue weighted by molar-refractivity contribution is -0.384. The number of aryl methyl sites for hydroxylation is 2. The number of non-ortho nitro benzene ring substituents is 1. The molecule has 0 saturated heterocycles. The minimum Gasteiger partial charge on any atom is -0.354 e. The summed E-state index contributed by atoms with van der Waals surface area (Å²) in [6.07, 6.45) is 2.62. The highest BCUT2D eigenvalue weighted by Gasteiger charge is 2.31. The number of benzene rings is 2. The molecule has 196 valence electrons. The molecule has 36 heavy (non-hydrogen) atoms. The molecule has 0 saturated carbocycles. The summed E-state index contributed by atoms with van der Waals surface area (Å²) in [6, 6.07) is 10.4. The number of rotatable bonds is 12. The third kappa shape index (κ3) is 7.77. The van der Waals surface area contributed by atoms with Gasteiger partial charge in [-0.25, -0.2) is 8.42 Å². The molecule has 0 fully saturated rings. The van der Waals surface area contributed by atoms with E-state index in [1.807, 2.05) is 38.1 Å². The van der Waals surface area contributed by atoms with Gasteiger partial charge in [-0.2, -0.15) is 0 Å². The van der Waals surface area contributed by atoms with E-state index < -0.39 is 33.4 Å². The van der Waals surface area contributed by atoms with Crippen LogP contribution in [-0.4, -0.2) is 55.4 Å². The van der Waals surface area contributed by atoms with Gasteiger partial charge in [0, 0.05) is 25.2 Å². The maximum Gasteiger partial charge on any atom is 0.271 e. The van der Waals surface area contributed by atoms with Gasteiger partial charge in [-0.05, 0) is 38.3 Å². The Morgan fingerprint density at radius 1 is 1.14 bits per heavy atom. The van der Waals surface area contributed by atoms with E-state index in [4.69, 9.17) is 0 Å². The minimum absolute atomic E-state index is 0.0376. The number of unbranched alkanes of at least 4 members (excludes halogenated alkanes) is 1. The smallest absolute Gasteiger partial charge is 0.271 e. The fourth-order valence-electron chi connectivity index (χ4n) is 3.70. The fraction of sp³-hybridized carbons (Fsp3) is 0.440. The van der Waals surface area contributed by atoms with Crippen molar-refractivity contribution < 1.29 is 22.9 Å². The highest BCUT2D eigenvalue weighted by atomic mass is 32.2. The number of hydrogen-bond donors (Lipinski definition) is 1. The van der Waals surface area contributed by atoms with Crippen LogP contribution >= 0.6 is 0 Å². The van der Waals surface area contributed by atoms with Crippen molar-refractivity contribution in [2.75, 3.05) is 23.7 Å². The van der Waals surface area contributed by atoms with Crippen molar-refractivity contribution in [3.8, 4) is 0 Å². The van der Waals surface area contributed by atoms with E-state index in [9.17, 15) is 28.1 Å². The summed E-state index contributed by atoms with van der Waals surface area (Å²) in [5.74, 6) is -0.951. The first-order chi connectivity index (χ1) is 16.8. The van der Waals surface area contributed by atoms with Crippen LogP contribution < -0.4 is 9.62 Å². The summed E-state index contributed by atoms with van der Waals surface area (Å²) in [4.78, 5) is 38.4. The van der Waals surface area contributed by atoms with Crippen molar-refractivity contribution in [1.29, 1.82) is 0 Å². The van der Waals surface area contributed by atoms with Gasteiger partial charge in [0.05, 0.1) is 16.9 Å². The first-order valence-electron chi connectivity index (χ1n) is 11.7. The zero-order valence-corrected chi connectivity index (χ0v) is 22.2. The van der Waals surface area contributed by atoms with Gasteiger partial charge in [-0.1, -0.05) is 49.2 Å². The maximum atomic E-state index is 13.6. The molecule has 0 spiro atoms. The number of carbonyl (C=O) groups is 2. The summed E-state index contributed by atoms with van der Waals surface area (Å²) < 4.78 is 26.3. The Labute approximate surface area is 212 Å². The van der Waals surface area contributed by atoms with Crippen molar-refractivity contribution in [1.82, 2.24) is 10.2 Å². The van der Waals surface area contributed by atoms with Crippen LogP contribution in [0.4, 0.5) is 11.4 Å². The SMILES string of the molecule is CCCCNC(=O)[C@@H](C)N(Cc1cccc(C)c1)C(=O)CN(c1cc([N+](=O)[O-])ccc1C)S(C)(=O)=O. The maximum absolute atomic E-state index is 13.6. The Morgan fingerprint density at radius 2 is 1.83 bits per heavy atom. The number of nitro benzene ring substituents is 1. The van der Waals surface area contributed by atoms with E-state index in [1.54, 1.807) is 13.8 Å². The number of anilines is 1. The first-order valence-corrected chi connectivity index (χ1v) is 13.6. The zero-order chi connectivity index (χ0) is 27.0. The van der Waals surface area contributed by atoms with Crippen molar-refractivity contribution in [2.24, 2.45) is 0 Å². The minimum atomic E-state index is -3.99. The number of sulfonamides is 1. The third-order valence-corrected chi connectivity index (χ3v) is 6.91. The number of carbonyl (C=O) groups excluding carboxylic acids is 2. The van der Waals surface area contributed by atoms with Crippen molar-refractivity contribution in [2.45, 2.75) is 53.1 Å². The quantitative estimate of drug-likeness (QED) is 0.261. The molecule has 2 aromatic rings. The van der Waals surface area contributed by atoms with Crippen LogP contribution in [0.25, 0.3) is 0 Å². The van der Waals surface area contributed by atoms with Gasteiger partial charge >= 0.3 is 0 Å². The van der Waals surface area contributed by atoms with E-state index in [0.29, 0.717) is 12.1 Å². The summed E-state index contributed by atoms with van der Waals surface area (Å²) in [5, 5.41) is 14.1. The second-order valence-corrected chi connectivity index (χ2v) is 10.7. The average Bonchev–Trinajstić information content (AvgIpc) is 2.80. The monoisotopic (exact) mass is 518 g/mol. The standard InChI is InChI=1S/C25H34N4O6S/c1-6-7-13-26-25(31)20(4)27(16-21-10-8-9-18(2)14-21)24(30)17-28(36(5,34)35)23-15-22(29(32)33)12-11-19(23)3/h8-12,14-15,20H,6-7,13,16-17H2,1-5H3,(H,26,31)/t20-/m1/s1. The second kappa shape index (κ2) is 12.5. The lowest BCUT2D eigenvalue weighted by Gasteiger charge is -2.32. The van der Waals surface area contributed by atoms with Gasteiger partial charge in [-0.15, -0.1) is 0 Å². The number of amides is 2. The van der Waals surface area contributed by atoms with E-state index in [-0.39, 0.29) is 23.8 Å². The lowest BCUT2D eigenvalue weighted by Crippen LogP contribution is -2.51. The molecule has 0 aliphatic carbocycles. The molecule has 1 N–H and O–H groups in total. The zero-order valence-electron chi connectivity index (χ0n) is 21.4. The van der Waals surface area contributed by atoms with Crippen molar-refractivity contribution in [3.63, 3.8) is 0 Å². The Balaban J connectivity index is 2.44. The molecule has 0 aliphatic heterocycles. The van der Waals surface area contributed by atoms with E-state index >= 15 is 0 Å². The van der Waals surface area contributed by atoms with Crippen molar-refractivity contribution in [3.05, 3.63) is 69.3 Å². The molecule has 0 aliphatic rings. The topological polar surface area (TPSA) is 130 Å². The molecule has 2 rings (SSSR count). The van der Waals surface area contributed by atoms with E-state index in [1.165, 1.54) is 17.0 Å². The Morgan fingerprint density at radius 3 is 2.42 bits per heavy atom. The molecular formula is C25H34N4O6S. The van der Waals surface area contributed by atoms with Crippen LogP contribution in [-0.2, 0) is 26.2 Å². The molecule has 11 heteroatoms. The molecule has 2 amide bonds. The van der Waals surface area contributed by atoms with Gasteiger partial charge in [0.2, 0.25) is 21.8 Å². The lowest BCUT2D eigenvalue weighted by atomic mass is 10.1. The predicted octanol–water partition coefficient (Wildman–Crippen LogP) is 3.31. The molecule has 0 radical (unpaired) electrons. The molecule has 0 unspecified atom stereocenters. The Bertz CT molecular complexity index is 1210. The largest absolute Gasteiger partial charge is 0.354 e. The van der Waals surface area contributed by atoms with Gasteiger partial charge in [-0.3, -0.25) is 24.0 Å². The summed E-state index contributed by atoms with van der Waals surface area (Å²) in [5.41, 5.74) is 1.96. The molecule has 0 bridgehead atoms. The number of nitrogens with zero attached hydrogens (tertiary/aromatic N) is 3. The highest BCUT2D eigenvalue weighted by molar-refractivity contribution is 7.92. The van der Waals surface area contributed by atoms with E-state index in [0.717, 1.165) is 40.6 Å². The van der Waals surface area contributed by atoms with Crippen LogP contribution in [0.2, 0.25) is 0 Å². The second-order valence-electron chi connectivity index (χ2n) is 8.83. The van der Waals surface area contributed by atoms with Crippen LogP contribution in [0, 0.1) is 24.0 Å². The molecular weight excluding hydrogens is 484 g/mol. The van der Waals surface area contributed by atoms with Crippen LogP contribution in [0.1, 0.15) is 43.4 Å². The molecule has 0 aromatic heterocycles. The summed E-state index contributed by atoms with van der Waals surface area (Å²) in [6.45, 7) is 7.06. The molecule has 1 atom stereocenters. The number of hydrogen-bond acceptors (Lipinski definition) is 6. The predicted molar refractivity (Wildman–Crippen MR) is 139 cm³/mol. The Hall–Kier alpha value is -3.47. The molecule has 10 nitrogen and oxygen atoms in total. The Kier molecular flexibility index (Phi) is 9.97.